The van der Waals surface area contributed by atoms with Crippen molar-refractivity contribution in [1.29, 1.82) is 0 Å². The smallest absolute Gasteiger partial charge is 0.424 e. The molecule has 0 aliphatic heterocycles. The second-order valence-electron chi connectivity index (χ2n) is 8.08. The summed E-state index contributed by atoms with van der Waals surface area (Å²) in [6, 6.07) is 21.4. The van der Waals surface area contributed by atoms with E-state index in [9.17, 15) is 9.59 Å². The lowest BCUT2D eigenvalue weighted by Crippen LogP contribution is -2.41. The third-order valence-electron chi connectivity index (χ3n) is 4.46. The van der Waals surface area contributed by atoms with Crippen LogP contribution < -0.4 is 9.47 Å². The van der Waals surface area contributed by atoms with Gasteiger partial charge in [0.15, 0.2) is 18.9 Å². The van der Waals surface area contributed by atoms with Crippen LogP contribution >= 0.6 is 0 Å². The summed E-state index contributed by atoms with van der Waals surface area (Å²) in [5, 5.41) is 0. The van der Waals surface area contributed by atoms with Crippen LogP contribution in [0.25, 0.3) is 11.1 Å². The lowest BCUT2D eigenvalue weighted by Gasteiger charge is -2.25. The summed E-state index contributed by atoms with van der Waals surface area (Å²) < 4.78 is 12.2. The van der Waals surface area contributed by atoms with Crippen LogP contribution in [0.2, 0.25) is 0 Å². The fourth-order valence-electron chi connectivity index (χ4n) is 3.07. The first kappa shape index (κ1) is 22.0. The molecule has 0 bridgehead atoms. The van der Waals surface area contributed by atoms with Crippen molar-refractivity contribution in [3.05, 3.63) is 84.7 Å². The van der Waals surface area contributed by atoms with Gasteiger partial charge in [-0.1, -0.05) is 42.5 Å². The average Bonchev–Trinajstić information content (AvgIpc) is 2.74. The maximum atomic E-state index is 12.5. The summed E-state index contributed by atoms with van der Waals surface area (Å²) in [5.74, 6) is 0. The molecule has 0 unspecified atom stereocenters. The van der Waals surface area contributed by atoms with Gasteiger partial charge in [-0.15, -0.1) is 0 Å². The number of benzene rings is 2. The first-order valence-corrected chi connectivity index (χ1v) is 10.0. The van der Waals surface area contributed by atoms with Crippen LogP contribution in [0.4, 0.5) is 15.3 Å². The molecule has 1 heterocycles. The second-order valence-corrected chi connectivity index (χ2v) is 8.08. The third kappa shape index (κ3) is 5.92. The van der Waals surface area contributed by atoms with Gasteiger partial charge in [-0.05, 0) is 44.5 Å². The molecule has 0 saturated carbocycles. The van der Waals surface area contributed by atoms with Crippen LogP contribution in [0, 0.1) is 0 Å². The van der Waals surface area contributed by atoms with Gasteiger partial charge in [0.2, 0.25) is 0 Å². The van der Waals surface area contributed by atoms with Crippen molar-refractivity contribution in [2.75, 3.05) is 12.0 Å². The monoisotopic (exact) mass is 419 g/mol. The number of aromatic nitrogens is 1. The van der Waals surface area contributed by atoms with E-state index in [0.29, 0.717) is 5.69 Å². The molecule has 0 radical (unpaired) electrons. The number of rotatable bonds is 4. The molecule has 6 heteroatoms. The highest BCUT2D eigenvalue weighted by atomic mass is 16.6. The van der Waals surface area contributed by atoms with Gasteiger partial charge in [0.1, 0.15) is 5.60 Å². The first-order valence-electron chi connectivity index (χ1n) is 10.0. The number of anilines is 1. The summed E-state index contributed by atoms with van der Waals surface area (Å²) in [5.41, 5.74) is 2.83. The van der Waals surface area contributed by atoms with Crippen LogP contribution in [0.5, 0.6) is 0 Å². The van der Waals surface area contributed by atoms with E-state index < -0.39 is 17.8 Å². The molecule has 160 valence electrons. The summed E-state index contributed by atoms with van der Waals surface area (Å²) >= 11 is 0. The van der Waals surface area contributed by atoms with E-state index in [1.165, 1.54) is 12.7 Å². The molecule has 0 N–H and O–H groups in total. The van der Waals surface area contributed by atoms with E-state index >= 15 is 0 Å². The highest BCUT2D eigenvalue weighted by molar-refractivity contribution is 6.09. The summed E-state index contributed by atoms with van der Waals surface area (Å²) in [7, 11) is 1.23. The predicted molar refractivity (Wildman–Crippen MR) is 119 cm³/mol. The normalized spacial score (nSPS) is 11.0. The Bertz CT molecular complexity index is 1040. The Labute approximate surface area is 182 Å². The lowest BCUT2D eigenvalue weighted by molar-refractivity contribution is -0.687. The van der Waals surface area contributed by atoms with Crippen molar-refractivity contribution in [3.63, 3.8) is 0 Å². The third-order valence-corrected chi connectivity index (χ3v) is 4.46. The van der Waals surface area contributed by atoms with Crippen LogP contribution in [0.3, 0.4) is 0 Å². The molecule has 3 rings (SSSR count). The predicted octanol–water partition coefficient (Wildman–Crippen LogP) is 5.20. The lowest BCUT2D eigenvalue weighted by atomic mass is 10.1. The molecule has 3 aromatic rings. The van der Waals surface area contributed by atoms with Crippen molar-refractivity contribution >= 4 is 17.9 Å². The molecular weight excluding hydrogens is 392 g/mol. The van der Waals surface area contributed by atoms with Crippen molar-refractivity contribution < 1.29 is 23.6 Å². The zero-order valence-electron chi connectivity index (χ0n) is 18.2. The van der Waals surface area contributed by atoms with Gasteiger partial charge in [-0.3, -0.25) is 0 Å². The summed E-state index contributed by atoms with van der Waals surface area (Å²) in [6.45, 7) is 5.98. The largest absolute Gasteiger partial charge is 0.452 e. The number of pyridine rings is 1. The van der Waals surface area contributed by atoms with Gasteiger partial charge in [-0.2, -0.15) is 4.90 Å². The van der Waals surface area contributed by atoms with E-state index in [1.54, 1.807) is 32.9 Å². The van der Waals surface area contributed by atoms with E-state index in [4.69, 9.17) is 9.47 Å². The minimum atomic E-state index is -0.803. The van der Waals surface area contributed by atoms with E-state index in [-0.39, 0.29) is 0 Å². The number of carbonyl (C=O) groups excluding carboxylic acids is 2. The second kappa shape index (κ2) is 9.43. The molecule has 0 saturated heterocycles. The van der Waals surface area contributed by atoms with Crippen molar-refractivity contribution in [3.8, 4) is 11.1 Å². The fourth-order valence-corrected chi connectivity index (χ4v) is 3.07. The number of amides is 2. The quantitative estimate of drug-likeness (QED) is 0.546. The van der Waals surface area contributed by atoms with Crippen molar-refractivity contribution in [2.24, 2.45) is 0 Å². The Morgan fingerprint density at radius 1 is 0.871 bits per heavy atom. The molecule has 2 aromatic carbocycles. The Kier molecular flexibility index (Phi) is 6.70. The number of hydrogen-bond acceptors (Lipinski definition) is 4. The highest BCUT2D eigenvalue weighted by Gasteiger charge is 2.29. The van der Waals surface area contributed by atoms with Gasteiger partial charge in [-0.25, -0.2) is 14.2 Å². The van der Waals surface area contributed by atoms with Crippen molar-refractivity contribution in [2.45, 2.75) is 32.9 Å². The number of ether oxygens (including phenoxy) is 2. The number of hydrogen-bond donors (Lipinski definition) is 0. The average molecular weight is 420 g/mol. The molecule has 0 fully saturated rings. The molecule has 2 amide bonds. The van der Waals surface area contributed by atoms with Crippen LogP contribution in [0.15, 0.2) is 79.1 Å². The van der Waals surface area contributed by atoms with Crippen molar-refractivity contribution in [1.82, 2.24) is 0 Å². The number of methoxy groups -OCH3 is 1. The maximum absolute atomic E-state index is 12.5. The molecule has 0 aliphatic rings. The maximum Gasteiger partial charge on any atom is 0.424 e. The Morgan fingerprint density at radius 3 is 2.16 bits per heavy atom. The van der Waals surface area contributed by atoms with E-state index in [2.05, 4.69) is 22.9 Å². The topological polar surface area (TPSA) is 59.7 Å². The van der Waals surface area contributed by atoms with Crippen LogP contribution in [0.1, 0.15) is 26.3 Å². The number of imide groups is 1. The van der Waals surface area contributed by atoms with E-state index in [0.717, 1.165) is 22.6 Å². The Morgan fingerprint density at radius 2 is 1.55 bits per heavy atom. The Hall–Kier alpha value is -3.67. The zero-order chi connectivity index (χ0) is 22.4. The molecule has 0 atom stereocenters. The number of carbonyl (C=O) groups is 2. The van der Waals surface area contributed by atoms with Gasteiger partial charge >= 0.3 is 12.2 Å². The SMILES string of the molecule is COC(=O)N(C(=O)OC(C)(C)C)c1ccc(-c2ccc[n+](Cc3ccccc3)c2)cc1. The minimum Gasteiger partial charge on any atom is -0.452 e. The molecule has 1 aromatic heterocycles. The molecule has 6 nitrogen and oxygen atoms in total. The molecule has 0 spiro atoms. The molecule has 0 aliphatic carbocycles. The first-order chi connectivity index (χ1) is 14.8. The van der Waals surface area contributed by atoms with Crippen LogP contribution in [-0.4, -0.2) is 24.9 Å². The van der Waals surface area contributed by atoms with E-state index in [1.807, 2.05) is 48.7 Å². The summed E-state index contributed by atoms with van der Waals surface area (Å²) in [4.78, 5) is 25.6. The van der Waals surface area contributed by atoms with Gasteiger partial charge in [0.25, 0.3) is 0 Å². The number of nitrogens with zero attached hydrogens (tertiary/aromatic N) is 2. The standard InChI is InChI=1S/C25H27N2O4/c1-25(2,3)31-24(29)27(23(28)30-4)22-14-12-20(13-15-22)21-11-8-16-26(18-21)17-19-9-6-5-7-10-19/h5-16,18H,17H2,1-4H3/q+1. The zero-order valence-corrected chi connectivity index (χ0v) is 18.2. The molecule has 31 heavy (non-hydrogen) atoms. The van der Waals surface area contributed by atoms with Gasteiger partial charge in [0.05, 0.1) is 12.8 Å². The van der Waals surface area contributed by atoms with Crippen LogP contribution in [-0.2, 0) is 16.0 Å². The Balaban J connectivity index is 1.83. The summed E-state index contributed by atoms with van der Waals surface area (Å²) in [6.07, 6.45) is 2.50. The highest BCUT2D eigenvalue weighted by Crippen LogP contribution is 2.24. The molecular formula is C25H27N2O4+. The fraction of sp³-hybridized carbons (Fsp3) is 0.240. The minimum absolute atomic E-state index is 0.373. The van der Waals surface area contributed by atoms with Gasteiger partial charge in [0, 0.05) is 17.2 Å². The van der Waals surface area contributed by atoms with Gasteiger partial charge < -0.3 is 9.47 Å².